The van der Waals surface area contributed by atoms with Crippen molar-refractivity contribution in [1.29, 1.82) is 0 Å². The first-order valence-electron chi connectivity index (χ1n) is 33.6. The van der Waals surface area contributed by atoms with Crippen molar-refractivity contribution in [2.75, 3.05) is 40.9 Å². The van der Waals surface area contributed by atoms with E-state index in [1.807, 2.05) is 21.1 Å². The maximum Gasteiger partial charge on any atom is 0.472 e. The van der Waals surface area contributed by atoms with E-state index in [-0.39, 0.29) is 19.1 Å². The van der Waals surface area contributed by atoms with Crippen LogP contribution in [-0.4, -0.2) is 73.4 Å². The van der Waals surface area contributed by atoms with Gasteiger partial charge in [-0.1, -0.05) is 321 Å². The van der Waals surface area contributed by atoms with Crippen molar-refractivity contribution < 1.29 is 32.9 Å². The monoisotopic (exact) mass is 1080 g/mol. The summed E-state index contributed by atoms with van der Waals surface area (Å²) in [5, 5.41) is 14.1. The summed E-state index contributed by atoms with van der Waals surface area (Å²) >= 11 is 0. The Bertz CT molecular complexity index is 1230. The van der Waals surface area contributed by atoms with E-state index >= 15 is 0 Å². The van der Waals surface area contributed by atoms with E-state index in [9.17, 15) is 19.4 Å². The second-order valence-electron chi connectivity index (χ2n) is 24.6. The number of hydrogen-bond acceptors (Lipinski definition) is 5. The highest BCUT2D eigenvalue weighted by molar-refractivity contribution is 7.47. The Hall–Kier alpha value is -0.760. The molecule has 0 aliphatic heterocycles. The second-order valence-corrected chi connectivity index (χ2v) is 26.0. The minimum atomic E-state index is -4.32. The van der Waals surface area contributed by atoms with E-state index in [0.29, 0.717) is 23.9 Å². The summed E-state index contributed by atoms with van der Waals surface area (Å²) in [6.45, 7) is 4.95. The molecular weight excluding hydrogens is 948 g/mol. The number of rotatable bonds is 63. The first-order chi connectivity index (χ1) is 36.5. The molecule has 75 heavy (non-hydrogen) atoms. The Labute approximate surface area is 469 Å². The highest BCUT2D eigenvalue weighted by Crippen LogP contribution is 2.43. The van der Waals surface area contributed by atoms with E-state index in [2.05, 4.69) is 31.3 Å². The largest absolute Gasteiger partial charge is 0.472 e. The van der Waals surface area contributed by atoms with Crippen molar-refractivity contribution in [3.8, 4) is 0 Å². The Kier molecular flexibility index (Phi) is 57.3. The van der Waals surface area contributed by atoms with Gasteiger partial charge in [0, 0.05) is 6.42 Å². The number of hydrogen-bond donors (Lipinski definition) is 3. The smallest absolute Gasteiger partial charge is 0.391 e. The first-order valence-corrected chi connectivity index (χ1v) is 35.0. The van der Waals surface area contributed by atoms with E-state index in [1.54, 1.807) is 0 Å². The van der Waals surface area contributed by atoms with E-state index in [1.165, 1.54) is 289 Å². The third kappa shape index (κ3) is 60.7. The molecule has 0 saturated carbocycles. The number of carbonyl (C=O) groups excluding carboxylic acids is 1. The zero-order valence-corrected chi connectivity index (χ0v) is 52.2. The molecule has 0 spiro atoms. The summed E-state index contributed by atoms with van der Waals surface area (Å²) < 4.78 is 23.9. The van der Waals surface area contributed by atoms with Crippen molar-refractivity contribution in [1.82, 2.24) is 5.32 Å². The minimum absolute atomic E-state index is 0.0782. The predicted molar refractivity (Wildman–Crippen MR) is 328 cm³/mol. The quantitative estimate of drug-likeness (QED) is 0.0243. The summed E-state index contributed by atoms with van der Waals surface area (Å²) in [4.78, 5) is 23.4. The molecule has 0 radical (unpaired) electrons. The SMILES string of the molecule is CCCCCCCCCC/C=C\CCCCCCCCCCCCCCCCCCCC(=O)NC(COP(=O)(O)OCC[N+](C)(C)C)C(O)CCCCCCCCCCCCCCCCCCCCCCCCCC. The fourth-order valence-corrected chi connectivity index (χ4v) is 11.3. The van der Waals surface area contributed by atoms with Gasteiger partial charge in [0.2, 0.25) is 5.91 Å². The number of amides is 1. The van der Waals surface area contributed by atoms with E-state index in [0.717, 1.165) is 38.5 Å². The second kappa shape index (κ2) is 57.9. The number of nitrogens with zero attached hydrogens (tertiary/aromatic N) is 1. The fraction of sp³-hybridized carbons (Fsp3) is 0.955. The number of likely N-dealkylation sites (N-methyl/N-ethyl adjacent to an activating group) is 1. The van der Waals surface area contributed by atoms with Crippen LogP contribution in [0.4, 0.5) is 0 Å². The van der Waals surface area contributed by atoms with Crippen LogP contribution in [0.15, 0.2) is 12.2 Å². The standard InChI is InChI=1S/C66H133N2O6P/c1-6-8-10-12-14-16-18-20-22-24-26-28-30-32-33-34-35-36-38-40-42-44-46-48-50-52-54-56-58-60-66(70)67-64(63-74-75(71,72)73-62-61-68(3,4)5)65(69)59-57-55-53-51-49-47-45-43-41-39-37-31-29-27-25-23-21-19-17-15-13-11-9-7-2/h24,26,64-65,69H,6-23,25,27-63H2,1-5H3,(H-,67,70,71,72)/p+1/b26-24-. The molecule has 0 heterocycles. The van der Waals surface area contributed by atoms with Gasteiger partial charge in [-0.3, -0.25) is 13.8 Å². The van der Waals surface area contributed by atoms with Gasteiger partial charge in [0.1, 0.15) is 13.2 Å². The number of carbonyl (C=O) groups is 1. The molecule has 0 aromatic heterocycles. The normalized spacial score (nSPS) is 13.7. The van der Waals surface area contributed by atoms with E-state index < -0.39 is 20.0 Å². The maximum absolute atomic E-state index is 13.1. The number of phosphoric acid groups is 1. The predicted octanol–water partition coefficient (Wildman–Crippen LogP) is 20.9. The molecular formula is C66H134N2O6P+. The summed E-state index contributed by atoms with van der Waals surface area (Å²) in [6.07, 6.45) is 73.0. The molecule has 0 aliphatic carbocycles. The van der Waals surface area contributed by atoms with Gasteiger partial charge in [0.25, 0.3) is 0 Å². The molecule has 8 nitrogen and oxygen atoms in total. The van der Waals surface area contributed by atoms with Crippen LogP contribution in [0, 0.1) is 0 Å². The molecule has 0 bridgehead atoms. The lowest BCUT2D eigenvalue weighted by Gasteiger charge is -2.26. The average Bonchev–Trinajstić information content (AvgIpc) is 3.37. The van der Waals surface area contributed by atoms with Gasteiger partial charge in [0.05, 0.1) is 39.9 Å². The molecule has 9 heteroatoms. The number of quaternary nitrogens is 1. The van der Waals surface area contributed by atoms with Crippen molar-refractivity contribution in [2.45, 2.75) is 366 Å². The molecule has 1 amide bonds. The Morgan fingerprint density at radius 3 is 1.03 bits per heavy atom. The molecule has 0 aliphatic rings. The third-order valence-electron chi connectivity index (χ3n) is 15.8. The summed E-state index contributed by atoms with van der Waals surface area (Å²) in [5.74, 6) is -0.136. The van der Waals surface area contributed by atoms with Crippen LogP contribution in [0.2, 0.25) is 0 Å². The van der Waals surface area contributed by atoms with E-state index in [4.69, 9.17) is 9.05 Å². The minimum Gasteiger partial charge on any atom is -0.391 e. The lowest BCUT2D eigenvalue weighted by molar-refractivity contribution is -0.870. The molecule has 0 aromatic carbocycles. The first kappa shape index (κ1) is 74.2. The molecule has 3 N–H and O–H groups in total. The molecule has 0 saturated heterocycles. The van der Waals surface area contributed by atoms with Gasteiger partial charge in [-0.15, -0.1) is 0 Å². The third-order valence-corrected chi connectivity index (χ3v) is 16.7. The highest BCUT2D eigenvalue weighted by Gasteiger charge is 2.28. The topological polar surface area (TPSA) is 105 Å². The van der Waals surface area contributed by atoms with Crippen LogP contribution >= 0.6 is 7.82 Å². The number of aliphatic hydroxyl groups excluding tert-OH is 1. The van der Waals surface area contributed by atoms with Crippen molar-refractivity contribution in [3.05, 3.63) is 12.2 Å². The van der Waals surface area contributed by atoms with Crippen LogP contribution in [0.1, 0.15) is 354 Å². The van der Waals surface area contributed by atoms with Crippen LogP contribution in [-0.2, 0) is 18.4 Å². The van der Waals surface area contributed by atoms with Gasteiger partial charge in [-0.05, 0) is 38.5 Å². The fourth-order valence-electron chi connectivity index (χ4n) is 10.5. The lowest BCUT2D eigenvalue weighted by Crippen LogP contribution is -2.46. The average molecular weight is 1080 g/mol. The molecule has 3 unspecified atom stereocenters. The van der Waals surface area contributed by atoms with Crippen molar-refractivity contribution >= 4 is 13.7 Å². The lowest BCUT2D eigenvalue weighted by atomic mass is 10.0. The number of allylic oxidation sites excluding steroid dienone is 2. The van der Waals surface area contributed by atoms with Crippen LogP contribution in [0.3, 0.4) is 0 Å². The van der Waals surface area contributed by atoms with Gasteiger partial charge in [-0.25, -0.2) is 4.57 Å². The summed E-state index contributed by atoms with van der Waals surface area (Å²) in [7, 11) is 1.64. The number of unbranched alkanes of at least 4 members (excludes halogenated alkanes) is 48. The molecule has 0 aromatic rings. The highest BCUT2D eigenvalue weighted by atomic mass is 31.2. The molecule has 0 rings (SSSR count). The molecule has 448 valence electrons. The van der Waals surface area contributed by atoms with Gasteiger partial charge in [-0.2, -0.15) is 0 Å². The number of nitrogens with one attached hydrogen (secondary N) is 1. The Morgan fingerprint density at radius 1 is 0.440 bits per heavy atom. The molecule has 3 atom stereocenters. The summed E-state index contributed by atoms with van der Waals surface area (Å²) in [5.41, 5.74) is 0. The van der Waals surface area contributed by atoms with Gasteiger partial charge < -0.3 is 19.8 Å². The van der Waals surface area contributed by atoms with Crippen LogP contribution < -0.4 is 5.32 Å². The maximum atomic E-state index is 13.1. The van der Waals surface area contributed by atoms with Crippen molar-refractivity contribution in [3.63, 3.8) is 0 Å². The zero-order valence-electron chi connectivity index (χ0n) is 51.3. The van der Waals surface area contributed by atoms with Gasteiger partial charge in [0.15, 0.2) is 0 Å². The number of phosphoric ester groups is 1. The van der Waals surface area contributed by atoms with Crippen LogP contribution in [0.25, 0.3) is 0 Å². The Morgan fingerprint density at radius 2 is 0.720 bits per heavy atom. The Balaban J connectivity index is 4.02. The van der Waals surface area contributed by atoms with Gasteiger partial charge >= 0.3 is 7.82 Å². The molecule has 0 fully saturated rings. The zero-order chi connectivity index (χ0) is 54.9. The number of aliphatic hydroxyl groups is 1. The van der Waals surface area contributed by atoms with Crippen LogP contribution in [0.5, 0.6) is 0 Å². The van der Waals surface area contributed by atoms with Crippen molar-refractivity contribution in [2.24, 2.45) is 0 Å². The summed E-state index contributed by atoms with van der Waals surface area (Å²) in [6, 6.07) is -0.758.